The third-order valence-corrected chi connectivity index (χ3v) is 6.26. The maximum absolute atomic E-state index is 11.9. The first-order valence-electron chi connectivity index (χ1n) is 6.30. The van der Waals surface area contributed by atoms with Crippen molar-refractivity contribution < 1.29 is 13.2 Å². The highest BCUT2D eigenvalue weighted by atomic mass is 32.2. The summed E-state index contributed by atoms with van der Waals surface area (Å²) in [5, 5.41) is 7.19. The Bertz CT molecular complexity index is 568. The van der Waals surface area contributed by atoms with Crippen LogP contribution in [0.4, 0.5) is 0 Å². The molecule has 0 spiro atoms. The van der Waals surface area contributed by atoms with Gasteiger partial charge in [0.2, 0.25) is 5.91 Å². The van der Waals surface area contributed by atoms with Gasteiger partial charge >= 0.3 is 0 Å². The van der Waals surface area contributed by atoms with Gasteiger partial charge in [-0.25, -0.2) is 8.42 Å². The predicted molar refractivity (Wildman–Crippen MR) is 73.5 cm³/mol. The van der Waals surface area contributed by atoms with Crippen LogP contribution < -0.4 is 5.32 Å². The van der Waals surface area contributed by atoms with Crippen molar-refractivity contribution >= 4 is 27.1 Å². The molecule has 2 saturated heterocycles. The smallest absolute Gasteiger partial charge is 0.238 e. The highest BCUT2D eigenvalue weighted by molar-refractivity contribution is 7.91. The second-order valence-corrected chi connectivity index (χ2v) is 8.16. The molecule has 0 radical (unpaired) electrons. The van der Waals surface area contributed by atoms with Crippen LogP contribution in [0.5, 0.6) is 0 Å². The van der Waals surface area contributed by atoms with E-state index in [-0.39, 0.29) is 29.5 Å². The molecule has 7 heteroatoms. The Labute approximate surface area is 116 Å². The Morgan fingerprint density at radius 3 is 2.95 bits per heavy atom. The average Bonchev–Trinajstić information content (AvgIpc) is 3.03. The highest BCUT2D eigenvalue weighted by Crippen LogP contribution is 2.28. The van der Waals surface area contributed by atoms with Crippen LogP contribution in [0, 0.1) is 5.92 Å². The molecule has 104 valence electrons. The first-order valence-corrected chi connectivity index (χ1v) is 9.07. The highest BCUT2D eigenvalue weighted by Gasteiger charge is 2.36. The van der Waals surface area contributed by atoms with Crippen LogP contribution in [-0.2, 0) is 14.6 Å². The van der Waals surface area contributed by atoms with Crippen molar-refractivity contribution in [2.75, 3.05) is 24.6 Å². The zero-order chi connectivity index (χ0) is 13.5. The summed E-state index contributed by atoms with van der Waals surface area (Å²) in [6.45, 7) is 0.867. The molecule has 0 saturated carbocycles. The minimum absolute atomic E-state index is 0.0560. The van der Waals surface area contributed by atoms with Gasteiger partial charge in [0.1, 0.15) is 6.17 Å². The van der Waals surface area contributed by atoms with Gasteiger partial charge in [-0.2, -0.15) is 11.3 Å². The van der Waals surface area contributed by atoms with Crippen molar-refractivity contribution in [1.82, 2.24) is 10.2 Å². The molecule has 2 atom stereocenters. The fourth-order valence-corrected chi connectivity index (χ4v) is 5.30. The lowest BCUT2D eigenvalue weighted by Crippen LogP contribution is -2.35. The monoisotopic (exact) mass is 300 g/mol. The SMILES string of the molecule is O=C1CNC(c2ccsc2)N1CC1CCS(=O)(=O)C1. The number of hydrogen-bond donors (Lipinski definition) is 1. The number of thiophene rings is 1. The second-order valence-electron chi connectivity index (χ2n) is 5.16. The number of nitrogens with one attached hydrogen (secondary N) is 1. The molecule has 19 heavy (non-hydrogen) atoms. The van der Waals surface area contributed by atoms with Crippen LogP contribution in [0.2, 0.25) is 0 Å². The lowest BCUT2D eigenvalue weighted by Gasteiger charge is -2.26. The van der Waals surface area contributed by atoms with Crippen LogP contribution in [0.3, 0.4) is 0 Å². The number of sulfone groups is 1. The lowest BCUT2D eigenvalue weighted by molar-refractivity contribution is -0.128. The summed E-state index contributed by atoms with van der Waals surface area (Å²) in [7, 11) is -2.88. The molecule has 3 heterocycles. The van der Waals surface area contributed by atoms with Gasteiger partial charge < -0.3 is 4.90 Å². The van der Waals surface area contributed by atoms with Gasteiger partial charge in [0.05, 0.1) is 18.1 Å². The van der Waals surface area contributed by atoms with E-state index in [1.165, 1.54) is 0 Å². The molecule has 1 aromatic heterocycles. The summed E-state index contributed by atoms with van der Waals surface area (Å²) in [4.78, 5) is 13.7. The normalized spacial score (nSPS) is 30.1. The summed E-state index contributed by atoms with van der Waals surface area (Å²) >= 11 is 1.60. The van der Waals surface area contributed by atoms with E-state index in [9.17, 15) is 13.2 Å². The Morgan fingerprint density at radius 2 is 2.32 bits per heavy atom. The van der Waals surface area contributed by atoms with Crippen LogP contribution in [0.25, 0.3) is 0 Å². The molecule has 0 aromatic carbocycles. The van der Waals surface area contributed by atoms with Crippen LogP contribution in [0.1, 0.15) is 18.2 Å². The van der Waals surface area contributed by atoms with E-state index in [4.69, 9.17) is 0 Å². The Morgan fingerprint density at radius 1 is 1.47 bits per heavy atom. The van der Waals surface area contributed by atoms with E-state index in [2.05, 4.69) is 5.32 Å². The third-order valence-electron chi connectivity index (χ3n) is 3.72. The summed E-state index contributed by atoms with van der Waals surface area (Å²) in [5.74, 6) is 0.610. The molecule has 2 fully saturated rings. The van der Waals surface area contributed by atoms with Crippen molar-refractivity contribution in [3.05, 3.63) is 22.4 Å². The average molecular weight is 300 g/mol. The molecule has 0 aliphatic carbocycles. The minimum atomic E-state index is -2.88. The van der Waals surface area contributed by atoms with E-state index >= 15 is 0 Å². The molecule has 2 aliphatic heterocycles. The van der Waals surface area contributed by atoms with E-state index in [1.807, 2.05) is 16.8 Å². The molecule has 1 N–H and O–H groups in total. The quantitative estimate of drug-likeness (QED) is 0.888. The van der Waals surface area contributed by atoms with Gasteiger partial charge in [0, 0.05) is 6.54 Å². The first-order chi connectivity index (χ1) is 9.05. The maximum Gasteiger partial charge on any atom is 0.238 e. The van der Waals surface area contributed by atoms with E-state index in [1.54, 1.807) is 16.2 Å². The topological polar surface area (TPSA) is 66.5 Å². The van der Waals surface area contributed by atoms with Gasteiger partial charge in [0.25, 0.3) is 0 Å². The molecule has 1 aromatic rings. The Hall–Kier alpha value is -0.920. The van der Waals surface area contributed by atoms with E-state index in [0.29, 0.717) is 19.5 Å². The van der Waals surface area contributed by atoms with Gasteiger partial charge in [-0.1, -0.05) is 0 Å². The molecular weight excluding hydrogens is 284 g/mol. The summed E-state index contributed by atoms with van der Waals surface area (Å²) in [6, 6.07) is 2.00. The number of amides is 1. The maximum atomic E-state index is 11.9. The lowest BCUT2D eigenvalue weighted by atomic mass is 10.1. The van der Waals surface area contributed by atoms with Crippen LogP contribution in [0.15, 0.2) is 16.8 Å². The summed E-state index contributed by atoms with van der Waals surface area (Å²) in [5.41, 5.74) is 1.08. The first kappa shape index (κ1) is 13.1. The molecule has 0 bridgehead atoms. The van der Waals surface area contributed by atoms with E-state index < -0.39 is 9.84 Å². The number of carbonyl (C=O) groups is 1. The van der Waals surface area contributed by atoms with Gasteiger partial charge in [0.15, 0.2) is 9.84 Å². The molecule has 2 unspecified atom stereocenters. The number of rotatable bonds is 3. The molecule has 2 aliphatic rings. The summed E-state index contributed by atoms with van der Waals surface area (Å²) < 4.78 is 23.0. The van der Waals surface area contributed by atoms with Crippen molar-refractivity contribution in [3.63, 3.8) is 0 Å². The van der Waals surface area contributed by atoms with Gasteiger partial charge in [-0.3, -0.25) is 10.1 Å². The minimum Gasteiger partial charge on any atom is -0.321 e. The molecule has 1 amide bonds. The number of carbonyl (C=O) groups excluding carboxylic acids is 1. The van der Waals surface area contributed by atoms with Gasteiger partial charge in [-0.05, 0) is 34.7 Å². The fraction of sp³-hybridized carbons (Fsp3) is 0.583. The van der Waals surface area contributed by atoms with Crippen molar-refractivity contribution in [1.29, 1.82) is 0 Å². The molecule has 5 nitrogen and oxygen atoms in total. The van der Waals surface area contributed by atoms with Crippen molar-refractivity contribution in [2.45, 2.75) is 12.6 Å². The Balaban J connectivity index is 1.73. The van der Waals surface area contributed by atoms with Crippen LogP contribution >= 0.6 is 11.3 Å². The number of hydrogen-bond acceptors (Lipinski definition) is 5. The number of nitrogens with zero attached hydrogens (tertiary/aromatic N) is 1. The predicted octanol–water partition coefficient (Wildman–Crippen LogP) is 0.613. The largest absolute Gasteiger partial charge is 0.321 e. The summed E-state index contributed by atoms with van der Waals surface area (Å²) in [6.07, 6.45) is 0.574. The fourth-order valence-electron chi connectivity index (χ4n) is 2.77. The van der Waals surface area contributed by atoms with Crippen LogP contribution in [-0.4, -0.2) is 43.8 Å². The molecule has 3 rings (SSSR count). The second kappa shape index (κ2) is 4.88. The zero-order valence-electron chi connectivity index (χ0n) is 10.4. The van der Waals surface area contributed by atoms with Crippen molar-refractivity contribution in [3.8, 4) is 0 Å². The van der Waals surface area contributed by atoms with Crippen molar-refractivity contribution in [2.24, 2.45) is 5.92 Å². The van der Waals surface area contributed by atoms with E-state index in [0.717, 1.165) is 5.56 Å². The zero-order valence-corrected chi connectivity index (χ0v) is 12.0. The standard InChI is InChI=1S/C12H16N2O3S2/c15-11-5-13-12(10-1-3-18-7-10)14(11)6-9-2-4-19(16,17)8-9/h1,3,7,9,12-13H,2,4-6,8H2. The third kappa shape index (κ3) is 2.68. The van der Waals surface area contributed by atoms with Gasteiger partial charge in [-0.15, -0.1) is 0 Å². The Kier molecular flexibility index (Phi) is 3.36. The molecular formula is C12H16N2O3S2.